The smallest absolute Gasteiger partial charge is 0.231 e. The summed E-state index contributed by atoms with van der Waals surface area (Å²) in [6.07, 6.45) is 4.46. The second-order valence-electron chi connectivity index (χ2n) is 10.4. The van der Waals surface area contributed by atoms with Crippen LogP contribution in [0.15, 0.2) is 71.6 Å². The highest BCUT2D eigenvalue weighted by Gasteiger charge is 2.50. The van der Waals surface area contributed by atoms with Crippen LogP contribution in [-0.2, 0) is 27.6 Å². The number of ether oxygens (including phenoxy) is 2. The summed E-state index contributed by atoms with van der Waals surface area (Å²) in [5.74, 6) is 2.31. The number of hydrogen-bond acceptors (Lipinski definition) is 4. The third-order valence-electron chi connectivity index (χ3n) is 7.74. The molecule has 7 heteroatoms. The van der Waals surface area contributed by atoms with Crippen LogP contribution in [0.4, 0.5) is 0 Å². The van der Waals surface area contributed by atoms with Crippen molar-refractivity contribution in [2.45, 2.75) is 49.3 Å². The third kappa shape index (κ3) is 5.08. The number of carbonyl (C=O) groups excluding carboxylic acids is 1. The van der Waals surface area contributed by atoms with Crippen molar-refractivity contribution in [1.82, 2.24) is 4.31 Å². The Morgan fingerprint density at radius 1 is 1.00 bits per heavy atom. The number of Topliss-reactive ketones (excluding diaryl/α,β-unsaturated/α-hetero) is 1. The van der Waals surface area contributed by atoms with Crippen molar-refractivity contribution in [3.05, 3.63) is 77.9 Å². The molecule has 0 amide bonds. The lowest BCUT2D eigenvalue weighted by Gasteiger charge is -2.29. The minimum Gasteiger partial charge on any atom is -0.454 e. The highest BCUT2D eigenvalue weighted by atomic mass is 32.2. The van der Waals surface area contributed by atoms with Crippen LogP contribution >= 0.6 is 0 Å². The van der Waals surface area contributed by atoms with E-state index in [0.29, 0.717) is 12.3 Å². The minimum absolute atomic E-state index is 0. The standard InChI is InChI=1S/C30H31NO4S.H2O/c1-21-4-3-15-31(19-21)36(33)26-10-7-23(8-11-26)24-6-2-5-22(16-24)17-29(32)30(13-14-30)25-9-12-27-28(18-25)35-20-34-27;/h2,5-12,16,18,21H,3-4,13-15,17,19-20H2,1H3;1H2. The van der Waals surface area contributed by atoms with Crippen molar-refractivity contribution >= 4 is 16.8 Å². The first-order valence-corrected chi connectivity index (χ1v) is 13.9. The summed E-state index contributed by atoms with van der Waals surface area (Å²) in [7, 11) is -1.12. The number of ketones is 1. The predicted octanol–water partition coefficient (Wildman–Crippen LogP) is 4.86. The van der Waals surface area contributed by atoms with E-state index >= 15 is 0 Å². The van der Waals surface area contributed by atoms with Crippen LogP contribution in [-0.4, -0.2) is 39.7 Å². The first-order valence-electron chi connectivity index (χ1n) is 12.8. The number of piperidine rings is 1. The molecule has 3 aromatic carbocycles. The molecule has 1 aliphatic carbocycles. The van der Waals surface area contributed by atoms with E-state index in [0.717, 1.165) is 71.0 Å². The van der Waals surface area contributed by atoms with Gasteiger partial charge in [0.15, 0.2) is 11.5 Å². The molecule has 0 aromatic heterocycles. The Hall–Kier alpha value is -3.00. The lowest BCUT2D eigenvalue weighted by molar-refractivity contribution is -0.120. The van der Waals surface area contributed by atoms with E-state index < -0.39 is 16.4 Å². The summed E-state index contributed by atoms with van der Waals surface area (Å²) in [6, 6.07) is 22.1. The van der Waals surface area contributed by atoms with Gasteiger partial charge < -0.3 is 14.9 Å². The van der Waals surface area contributed by atoms with Crippen LogP contribution in [0.25, 0.3) is 11.1 Å². The number of fused-ring (bicyclic) bond motifs is 1. The Labute approximate surface area is 220 Å². The molecule has 0 radical (unpaired) electrons. The highest BCUT2D eigenvalue weighted by molar-refractivity contribution is 7.82. The Morgan fingerprint density at radius 3 is 2.54 bits per heavy atom. The largest absolute Gasteiger partial charge is 0.454 e. The lowest BCUT2D eigenvalue weighted by Crippen LogP contribution is -2.35. The summed E-state index contributed by atoms with van der Waals surface area (Å²) < 4.78 is 26.1. The predicted molar refractivity (Wildman–Crippen MR) is 144 cm³/mol. The molecule has 2 unspecified atom stereocenters. The van der Waals surface area contributed by atoms with E-state index in [4.69, 9.17) is 9.47 Å². The summed E-state index contributed by atoms with van der Waals surface area (Å²) >= 11 is 0. The molecule has 2 aliphatic heterocycles. The van der Waals surface area contributed by atoms with Gasteiger partial charge >= 0.3 is 0 Å². The van der Waals surface area contributed by atoms with Crippen LogP contribution in [0.1, 0.15) is 43.7 Å². The molecule has 2 atom stereocenters. The summed E-state index contributed by atoms with van der Waals surface area (Å²) in [4.78, 5) is 14.3. The van der Waals surface area contributed by atoms with Gasteiger partial charge in [-0.1, -0.05) is 49.4 Å². The van der Waals surface area contributed by atoms with Gasteiger partial charge in [0.1, 0.15) is 16.8 Å². The molecule has 1 saturated heterocycles. The van der Waals surface area contributed by atoms with Gasteiger partial charge in [-0.15, -0.1) is 0 Å². The molecule has 3 aliphatic rings. The summed E-state index contributed by atoms with van der Waals surface area (Å²) in [5.41, 5.74) is 3.76. The van der Waals surface area contributed by atoms with E-state index in [1.807, 2.05) is 54.6 Å². The number of nitrogens with zero attached hydrogens (tertiary/aromatic N) is 1. The quantitative estimate of drug-likeness (QED) is 0.446. The Balaban J connectivity index is 0.00000280. The minimum atomic E-state index is -1.12. The van der Waals surface area contributed by atoms with Crippen molar-refractivity contribution in [3.63, 3.8) is 0 Å². The number of rotatable bonds is 7. The van der Waals surface area contributed by atoms with Gasteiger partial charge in [0, 0.05) is 19.5 Å². The van der Waals surface area contributed by atoms with Gasteiger partial charge in [-0.05, 0) is 78.1 Å². The average Bonchev–Trinajstić information content (AvgIpc) is 3.59. The number of carbonyl (C=O) groups is 1. The van der Waals surface area contributed by atoms with E-state index in [2.05, 4.69) is 23.4 Å². The van der Waals surface area contributed by atoms with Crippen molar-refractivity contribution < 1.29 is 24.0 Å². The van der Waals surface area contributed by atoms with Gasteiger partial charge in [-0.3, -0.25) is 4.79 Å². The van der Waals surface area contributed by atoms with E-state index in [-0.39, 0.29) is 18.1 Å². The second-order valence-corrected chi connectivity index (χ2v) is 11.8. The van der Waals surface area contributed by atoms with Crippen molar-refractivity contribution in [3.8, 4) is 22.6 Å². The van der Waals surface area contributed by atoms with E-state index in [9.17, 15) is 9.00 Å². The van der Waals surface area contributed by atoms with Crippen LogP contribution < -0.4 is 9.47 Å². The Bertz CT molecular complexity index is 1320. The van der Waals surface area contributed by atoms with Crippen LogP contribution in [0.2, 0.25) is 0 Å². The molecule has 2 N–H and O–H groups in total. The molecular weight excluding hydrogens is 486 g/mol. The third-order valence-corrected chi connectivity index (χ3v) is 9.22. The monoisotopic (exact) mass is 519 g/mol. The Kier molecular flexibility index (Phi) is 7.21. The molecule has 2 heterocycles. The Morgan fingerprint density at radius 2 is 1.78 bits per heavy atom. The fourth-order valence-corrected chi connectivity index (χ4v) is 6.82. The summed E-state index contributed by atoms with van der Waals surface area (Å²) in [5, 5.41) is 0. The molecule has 0 spiro atoms. The fourth-order valence-electron chi connectivity index (χ4n) is 5.47. The maximum absolute atomic E-state index is 13.4. The number of benzene rings is 3. The normalized spacial score (nSPS) is 20.6. The van der Waals surface area contributed by atoms with Gasteiger partial charge in [0.2, 0.25) is 6.79 Å². The molecule has 3 aromatic rings. The van der Waals surface area contributed by atoms with Crippen LogP contribution in [0.3, 0.4) is 0 Å². The fraction of sp³-hybridized carbons (Fsp3) is 0.367. The molecular formula is C30H33NO5S. The molecule has 0 bridgehead atoms. The first-order chi connectivity index (χ1) is 17.5. The van der Waals surface area contributed by atoms with Gasteiger partial charge in [0.25, 0.3) is 0 Å². The molecule has 37 heavy (non-hydrogen) atoms. The van der Waals surface area contributed by atoms with Crippen LogP contribution in [0, 0.1) is 5.92 Å². The molecule has 6 nitrogen and oxygen atoms in total. The average molecular weight is 520 g/mol. The second kappa shape index (κ2) is 10.4. The first kappa shape index (κ1) is 25.6. The van der Waals surface area contributed by atoms with Crippen molar-refractivity contribution in [2.75, 3.05) is 19.9 Å². The topological polar surface area (TPSA) is 87.3 Å². The zero-order valence-electron chi connectivity index (χ0n) is 21.1. The number of hydrogen-bond donors (Lipinski definition) is 0. The SMILES string of the molecule is CC1CCCN(S(=O)c2ccc(-c3cccc(CC(=O)C4(c5ccc6c(c5)OCO6)CC4)c3)cc2)C1.O. The highest BCUT2D eigenvalue weighted by Crippen LogP contribution is 2.51. The van der Waals surface area contributed by atoms with Crippen LogP contribution in [0.5, 0.6) is 11.5 Å². The zero-order chi connectivity index (χ0) is 24.7. The van der Waals surface area contributed by atoms with E-state index in [1.165, 1.54) is 6.42 Å². The van der Waals surface area contributed by atoms with Gasteiger partial charge in [0.05, 0.1) is 10.3 Å². The molecule has 1 saturated carbocycles. The van der Waals surface area contributed by atoms with Gasteiger partial charge in [-0.25, -0.2) is 8.51 Å². The van der Waals surface area contributed by atoms with Crippen molar-refractivity contribution in [1.29, 1.82) is 0 Å². The van der Waals surface area contributed by atoms with Gasteiger partial charge in [-0.2, -0.15) is 0 Å². The summed E-state index contributed by atoms with van der Waals surface area (Å²) in [6.45, 7) is 4.24. The maximum Gasteiger partial charge on any atom is 0.231 e. The maximum atomic E-state index is 13.4. The molecule has 6 rings (SSSR count). The zero-order valence-corrected chi connectivity index (χ0v) is 21.9. The lowest BCUT2D eigenvalue weighted by atomic mass is 9.87. The molecule has 194 valence electrons. The van der Waals surface area contributed by atoms with Crippen molar-refractivity contribution in [2.24, 2.45) is 5.92 Å². The van der Waals surface area contributed by atoms with E-state index in [1.54, 1.807) is 0 Å². The molecule has 2 fully saturated rings.